The van der Waals surface area contributed by atoms with Gasteiger partial charge < -0.3 is 10.6 Å². The van der Waals surface area contributed by atoms with Gasteiger partial charge in [-0.25, -0.2) is 0 Å². The summed E-state index contributed by atoms with van der Waals surface area (Å²) in [5.74, 6) is 0.0890. The van der Waals surface area contributed by atoms with E-state index in [0.717, 1.165) is 25.8 Å². The average molecular weight is 232 g/mol. The number of rotatable bonds is 4. The molecule has 1 saturated carbocycles. The molecule has 1 amide bonds. The van der Waals surface area contributed by atoms with Crippen LogP contribution in [0.3, 0.4) is 0 Å². The van der Waals surface area contributed by atoms with Gasteiger partial charge in [0.25, 0.3) is 0 Å². The Hall–Kier alpha value is -1.35. The summed E-state index contributed by atoms with van der Waals surface area (Å²) < 4.78 is 0. The van der Waals surface area contributed by atoms with E-state index < -0.39 is 5.54 Å². The maximum Gasteiger partial charge on any atom is 0.242 e. The normalized spacial score (nSPS) is 16.6. The van der Waals surface area contributed by atoms with Gasteiger partial charge in [-0.05, 0) is 37.3 Å². The molecule has 1 aliphatic carbocycles. The van der Waals surface area contributed by atoms with Gasteiger partial charge in [-0.1, -0.05) is 24.3 Å². The van der Waals surface area contributed by atoms with Crippen molar-refractivity contribution < 1.29 is 4.79 Å². The number of amides is 1. The first-order valence-corrected chi connectivity index (χ1v) is 6.12. The van der Waals surface area contributed by atoms with Gasteiger partial charge in [0.2, 0.25) is 5.91 Å². The van der Waals surface area contributed by atoms with Crippen LogP contribution in [-0.4, -0.2) is 29.9 Å². The molecule has 1 aromatic carbocycles. The monoisotopic (exact) mass is 232 g/mol. The number of aryl methyl sites for hydroxylation is 1. The lowest BCUT2D eigenvalue weighted by atomic mass is 10.1. The number of likely N-dealkylation sites (N-methyl/N-ethyl adjacent to an activating group) is 1. The predicted octanol–water partition coefficient (Wildman–Crippen LogP) is 1.49. The van der Waals surface area contributed by atoms with Crippen LogP contribution >= 0.6 is 0 Å². The second-order valence-electron chi connectivity index (χ2n) is 5.06. The predicted molar refractivity (Wildman–Crippen MR) is 68.7 cm³/mol. The molecule has 1 aromatic rings. The zero-order valence-corrected chi connectivity index (χ0v) is 10.6. The summed E-state index contributed by atoms with van der Waals surface area (Å²) in [5.41, 5.74) is 7.94. The van der Waals surface area contributed by atoms with Gasteiger partial charge in [-0.15, -0.1) is 0 Å². The maximum atomic E-state index is 11.9. The molecule has 2 rings (SSSR count). The van der Waals surface area contributed by atoms with Crippen LogP contribution in [0.1, 0.15) is 24.0 Å². The van der Waals surface area contributed by atoms with Crippen LogP contribution in [0.4, 0.5) is 0 Å². The van der Waals surface area contributed by atoms with Crippen LogP contribution in [0.5, 0.6) is 0 Å². The van der Waals surface area contributed by atoms with E-state index in [1.54, 1.807) is 4.90 Å². The van der Waals surface area contributed by atoms with Crippen molar-refractivity contribution in [3.05, 3.63) is 35.4 Å². The van der Waals surface area contributed by atoms with Crippen LogP contribution in [0.15, 0.2) is 24.3 Å². The van der Waals surface area contributed by atoms with Gasteiger partial charge in [0, 0.05) is 13.6 Å². The number of carbonyl (C=O) groups is 1. The fourth-order valence-electron chi connectivity index (χ4n) is 2.01. The molecular weight excluding hydrogens is 212 g/mol. The number of hydrogen-bond donors (Lipinski definition) is 1. The molecule has 0 spiro atoms. The molecule has 1 aliphatic rings. The van der Waals surface area contributed by atoms with E-state index in [2.05, 4.69) is 19.1 Å². The van der Waals surface area contributed by atoms with E-state index >= 15 is 0 Å². The van der Waals surface area contributed by atoms with Crippen molar-refractivity contribution in [2.75, 3.05) is 13.6 Å². The van der Waals surface area contributed by atoms with Crippen LogP contribution in [-0.2, 0) is 11.2 Å². The Bertz CT molecular complexity index is 424. The third-order valence-electron chi connectivity index (χ3n) is 3.54. The Labute approximate surface area is 103 Å². The number of nitrogens with two attached hydrogens (primary N) is 1. The highest BCUT2D eigenvalue weighted by Crippen LogP contribution is 2.33. The highest BCUT2D eigenvalue weighted by Gasteiger charge is 2.47. The van der Waals surface area contributed by atoms with Crippen molar-refractivity contribution in [1.82, 2.24) is 4.90 Å². The molecule has 0 atom stereocenters. The van der Waals surface area contributed by atoms with E-state index in [0.29, 0.717) is 0 Å². The topological polar surface area (TPSA) is 46.3 Å². The van der Waals surface area contributed by atoms with Gasteiger partial charge in [0.15, 0.2) is 0 Å². The Kier molecular flexibility index (Phi) is 3.20. The average Bonchev–Trinajstić information content (AvgIpc) is 3.06. The first kappa shape index (κ1) is 12.1. The summed E-state index contributed by atoms with van der Waals surface area (Å²) in [4.78, 5) is 13.7. The minimum Gasteiger partial charge on any atom is -0.344 e. The van der Waals surface area contributed by atoms with Gasteiger partial charge in [-0.2, -0.15) is 0 Å². The largest absolute Gasteiger partial charge is 0.344 e. The number of benzene rings is 1. The van der Waals surface area contributed by atoms with E-state index in [9.17, 15) is 4.79 Å². The minimum atomic E-state index is -0.541. The SMILES string of the molecule is Cc1ccccc1CCN(C)C(=O)C1(N)CC1. The van der Waals surface area contributed by atoms with Crippen molar-refractivity contribution in [3.8, 4) is 0 Å². The highest BCUT2D eigenvalue weighted by molar-refractivity contribution is 5.88. The van der Waals surface area contributed by atoms with Crippen molar-refractivity contribution in [2.24, 2.45) is 5.73 Å². The van der Waals surface area contributed by atoms with E-state index in [-0.39, 0.29) is 5.91 Å². The molecule has 1 fully saturated rings. The summed E-state index contributed by atoms with van der Waals surface area (Å²) >= 11 is 0. The van der Waals surface area contributed by atoms with Gasteiger partial charge in [0.05, 0.1) is 5.54 Å². The zero-order chi connectivity index (χ0) is 12.5. The summed E-state index contributed by atoms with van der Waals surface area (Å²) in [6.45, 7) is 2.84. The molecule has 92 valence electrons. The first-order chi connectivity index (χ1) is 8.03. The summed E-state index contributed by atoms with van der Waals surface area (Å²) in [6.07, 6.45) is 2.56. The quantitative estimate of drug-likeness (QED) is 0.855. The molecule has 2 N–H and O–H groups in total. The van der Waals surface area contributed by atoms with Gasteiger partial charge in [0.1, 0.15) is 0 Å². The van der Waals surface area contributed by atoms with Crippen LogP contribution in [0, 0.1) is 6.92 Å². The Morgan fingerprint density at radius 3 is 2.65 bits per heavy atom. The van der Waals surface area contributed by atoms with Crippen molar-refractivity contribution in [2.45, 2.75) is 31.7 Å². The molecule has 0 bridgehead atoms. The Morgan fingerprint density at radius 1 is 1.41 bits per heavy atom. The molecule has 0 radical (unpaired) electrons. The van der Waals surface area contributed by atoms with Crippen molar-refractivity contribution in [3.63, 3.8) is 0 Å². The van der Waals surface area contributed by atoms with Crippen molar-refractivity contribution >= 4 is 5.91 Å². The second-order valence-corrected chi connectivity index (χ2v) is 5.06. The maximum absolute atomic E-state index is 11.9. The lowest BCUT2D eigenvalue weighted by Gasteiger charge is -2.21. The third-order valence-corrected chi connectivity index (χ3v) is 3.54. The van der Waals surface area contributed by atoms with Crippen LogP contribution < -0.4 is 5.73 Å². The Balaban J connectivity index is 1.90. The van der Waals surface area contributed by atoms with Gasteiger partial charge in [-0.3, -0.25) is 4.79 Å². The number of hydrogen-bond acceptors (Lipinski definition) is 2. The smallest absolute Gasteiger partial charge is 0.242 e. The lowest BCUT2D eigenvalue weighted by molar-refractivity contribution is -0.132. The van der Waals surface area contributed by atoms with Crippen LogP contribution in [0.25, 0.3) is 0 Å². The molecular formula is C14H20N2O. The molecule has 3 nitrogen and oxygen atoms in total. The summed E-state index contributed by atoms with van der Waals surface area (Å²) in [6, 6.07) is 8.29. The molecule has 0 saturated heterocycles. The van der Waals surface area contributed by atoms with E-state index in [1.165, 1.54) is 11.1 Å². The molecule has 0 heterocycles. The molecule has 17 heavy (non-hydrogen) atoms. The first-order valence-electron chi connectivity index (χ1n) is 6.12. The summed E-state index contributed by atoms with van der Waals surface area (Å²) in [5, 5.41) is 0. The number of nitrogens with zero attached hydrogens (tertiary/aromatic N) is 1. The Morgan fingerprint density at radius 2 is 2.06 bits per heavy atom. The minimum absolute atomic E-state index is 0.0890. The van der Waals surface area contributed by atoms with Gasteiger partial charge >= 0.3 is 0 Å². The summed E-state index contributed by atoms with van der Waals surface area (Å²) in [7, 11) is 1.84. The zero-order valence-electron chi connectivity index (χ0n) is 10.6. The molecule has 0 aromatic heterocycles. The van der Waals surface area contributed by atoms with E-state index in [4.69, 9.17) is 5.73 Å². The lowest BCUT2D eigenvalue weighted by Crippen LogP contribution is -2.44. The van der Waals surface area contributed by atoms with E-state index in [1.807, 2.05) is 19.2 Å². The number of carbonyl (C=O) groups excluding carboxylic acids is 1. The second kappa shape index (κ2) is 4.49. The highest BCUT2D eigenvalue weighted by atomic mass is 16.2. The third kappa shape index (κ3) is 2.67. The molecule has 3 heteroatoms. The fourth-order valence-corrected chi connectivity index (χ4v) is 2.01. The van der Waals surface area contributed by atoms with Crippen LogP contribution in [0.2, 0.25) is 0 Å². The van der Waals surface area contributed by atoms with Crippen molar-refractivity contribution in [1.29, 1.82) is 0 Å². The standard InChI is InChI=1S/C14H20N2O/c1-11-5-3-4-6-12(11)7-10-16(2)13(17)14(15)8-9-14/h3-6H,7-10,15H2,1-2H3. The molecule has 0 aliphatic heterocycles. The fraction of sp³-hybridized carbons (Fsp3) is 0.500. The molecule has 0 unspecified atom stereocenters.